The second kappa shape index (κ2) is 7.11. The maximum atomic E-state index is 12.3. The standard InChI is InChI=1S/C16H22ClN3O2/c1-20(2)10-9-18-14(21)16(7-8-16)15(22)19-11-12-3-5-13(17)6-4-12/h3-6H,7-11H2,1-2H3,(H,18,21)(H,19,22). The van der Waals surface area contributed by atoms with Gasteiger partial charge in [0.1, 0.15) is 5.41 Å². The number of benzene rings is 1. The molecule has 1 fully saturated rings. The highest BCUT2D eigenvalue weighted by Gasteiger charge is 2.56. The molecule has 0 spiro atoms. The first kappa shape index (κ1) is 16.8. The van der Waals surface area contributed by atoms with Crippen LogP contribution >= 0.6 is 11.6 Å². The molecule has 0 aliphatic heterocycles. The van der Waals surface area contributed by atoms with E-state index >= 15 is 0 Å². The third-order valence-corrected chi connectivity index (χ3v) is 4.08. The molecule has 1 aromatic carbocycles. The predicted molar refractivity (Wildman–Crippen MR) is 86.5 cm³/mol. The summed E-state index contributed by atoms with van der Waals surface area (Å²) in [5.74, 6) is -0.354. The molecular weight excluding hydrogens is 302 g/mol. The molecule has 1 aliphatic rings. The zero-order valence-electron chi connectivity index (χ0n) is 13.0. The van der Waals surface area contributed by atoms with Gasteiger partial charge in [0.2, 0.25) is 11.8 Å². The fraction of sp³-hybridized carbons (Fsp3) is 0.500. The fourth-order valence-electron chi connectivity index (χ4n) is 2.20. The zero-order valence-corrected chi connectivity index (χ0v) is 13.7. The average Bonchev–Trinajstić information content (AvgIpc) is 3.27. The molecule has 2 amide bonds. The molecule has 22 heavy (non-hydrogen) atoms. The molecule has 0 unspecified atom stereocenters. The van der Waals surface area contributed by atoms with Crippen LogP contribution in [-0.4, -0.2) is 43.9 Å². The highest BCUT2D eigenvalue weighted by molar-refractivity contribution is 6.30. The first-order chi connectivity index (χ1) is 10.4. The largest absolute Gasteiger partial charge is 0.354 e. The maximum absolute atomic E-state index is 12.3. The summed E-state index contributed by atoms with van der Waals surface area (Å²) in [6, 6.07) is 7.28. The summed E-state index contributed by atoms with van der Waals surface area (Å²) in [5, 5.41) is 6.35. The smallest absolute Gasteiger partial charge is 0.235 e. The molecule has 1 aromatic rings. The Morgan fingerprint density at radius 2 is 1.73 bits per heavy atom. The normalized spacial score (nSPS) is 15.5. The van der Waals surface area contributed by atoms with Gasteiger partial charge in [-0.2, -0.15) is 0 Å². The molecular formula is C16H22ClN3O2. The molecule has 0 aromatic heterocycles. The number of carbonyl (C=O) groups is 2. The van der Waals surface area contributed by atoms with Gasteiger partial charge in [-0.3, -0.25) is 9.59 Å². The molecule has 0 bridgehead atoms. The van der Waals surface area contributed by atoms with E-state index in [9.17, 15) is 9.59 Å². The molecule has 6 heteroatoms. The topological polar surface area (TPSA) is 61.4 Å². The number of hydrogen-bond acceptors (Lipinski definition) is 3. The van der Waals surface area contributed by atoms with Crippen LogP contribution in [0.1, 0.15) is 18.4 Å². The zero-order chi connectivity index (χ0) is 16.2. The van der Waals surface area contributed by atoms with Gasteiger partial charge in [-0.05, 0) is 44.6 Å². The summed E-state index contributed by atoms with van der Waals surface area (Å²) in [7, 11) is 3.88. The van der Waals surface area contributed by atoms with Crippen LogP contribution in [0.25, 0.3) is 0 Å². The summed E-state index contributed by atoms with van der Waals surface area (Å²) < 4.78 is 0. The third kappa shape index (κ3) is 4.21. The number of nitrogens with zero attached hydrogens (tertiary/aromatic N) is 1. The van der Waals surface area contributed by atoms with E-state index in [4.69, 9.17) is 11.6 Å². The third-order valence-electron chi connectivity index (χ3n) is 3.83. The van der Waals surface area contributed by atoms with Crippen molar-refractivity contribution in [2.24, 2.45) is 5.41 Å². The van der Waals surface area contributed by atoms with Gasteiger partial charge >= 0.3 is 0 Å². The SMILES string of the molecule is CN(C)CCNC(=O)C1(C(=O)NCc2ccc(Cl)cc2)CC1. The van der Waals surface area contributed by atoms with Crippen molar-refractivity contribution < 1.29 is 9.59 Å². The van der Waals surface area contributed by atoms with Crippen molar-refractivity contribution in [3.63, 3.8) is 0 Å². The van der Waals surface area contributed by atoms with Gasteiger partial charge in [0.15, 0.2) is 0 Å². The Balaban J connectivity index is 1.83. The molecule has 2 rings (SSSR count). The lowest BCUT2D eigenvalue weighted by Gasteiger charge is -2.16. The quantitative estimate of drug-likeness (QED) is 0.746. The lowest BCUT2D eigenvalue weighted by molar-refractivity contribution is -0.137. The van der Waals surface area contributed by atoms with Crippen LogP contribution < -0.4 is 10.6 Å². The lowest BCUT2D eigenvalue weighted by atomic mass is 10.0. The van der Waals surface area contributed by atoms with Crippen molar-refractivity contribution >= 4 is 23.4 Å². The number of amides is 2. The van der Waals surface area contributed by atoms with Crippen molar-refractivity contribution in [3.05, 3.63) is 34.9 Å². The molecule has 1 saturated carbocycles. The molecule has 120 valence electrons. The minimum atomic E-state index is -0.862. The molecule has 0 radical (unpaired) electrons. The average molecular weight is 324 g/mol. The number of carbonyl (C=O) groups excluding carboxylic acids is 2. The second-order valence-electron chi connectivity index (χ2n) is 5.95. The van der Waals surface area contributed by atoms with Gasteiger partial charge in [-0.25, -0.2) is 0 Å². The number of rotatable bonds is 7. The minimum absolute atomic E-state index is 0.164. The first-order valence-corrected chi connectivity index (χ1v) is 7.77. The number of halogens is 1. The van der Waals surface area contributed by atoms with E-state index in [1.54, 1.807) is 12.1 Å². The van der Waals surface area contributed by atoms with E-state index in [0.717, 1.165) is 12.1 Å². The Morgan fingerprint density at radius 3 is 2.27 bits per heavy atom. The second-order valence-corrected chi connectivity index (χ2v) is 6.39. The summed E-state index contributed by atoms with van der Waals surface area (Å²) in [6.45, 7) is 1.72. The predicted octanol–water partition coefficient (Wildman–Crippen LogP) is 1.41. The molecule has 0 heterocycles. The Hall–Kier alpha value is -1.59. The minimum Gasteiger partial charge on any atom is -0.354 e. The van der Waals surface area contributed by atoms with E-state index < -0.39 is 5.41 Å². The highest BCUT2D eigenvalue weighted by Crippen LogP contribution is 2.46. The molecule has 0 atom stereocenters. The van der Waals surface area contributed by atoms with Gasteiger partial charge in [0.05, 0.1) is 0 Å². The van der Waals surface area contributed by atoms with Crippen molar-refractivity contribution in [2.75, 3.05) is 27.2 Å². The molecule has 1 aliphatic carbocycles. The maximum Gasteiger partial charge on any atom is 0.235 e. The van der Waals surface area contributed by atoms with Crippen LogP contribution in [0, 0.1) is 5.41 Å². The van der Waals surface area contributed by atoms with Crippen LogP contribution in [-0.2, 0) is 16.1 Å². The molecule has 5 nitrogen and oxygen atoms in total. The lowest BCUT2D eigenvalue weighted by Crippen LogP contribution is -2.44. The highest BCUT2D eigenvalue weighted by atomic mass is 35.5. The van der Waals surface area contributed by atoms with E-state index in [2.05, 4.69) is 10.6 Å². The van der Waals surface area contributed by atoms with Crippen LogP contribution in [0.2, 0.25) is 5.02 Å². The van der Waals surface area contributed by atoms with Gasteiger partial charge in [0.25, 0.3) is 0 Å². The Bertz CT molecular complexity index is 539. The van der Waals surface area contributed by atoms with Gasteiger partial charge in [-0.1, -0.05) is 23.7 Å². The number of nitrogens with one attached hydrogen (secondary N) is 2. The molecule has 0 saturated heterocycles. The first-order valence-electron chi connectivity index (χ1n) is 7.40. The van der Waals surface area contributed by atoms with Crippen LogP contribution in [0.4, 0.5) is 0 Å². The van der Waals surface area contributed by atoms with Crippen molar-refractivity contribution in [3.8, 4) is 0 Å². The summed E-state index contributed by atoms with van der Waals surface area (Å²) >= 11 is 5.83. The Kier molecular flexibility index (Phi) is 5.42. The van der Waals surface area contributed by atoms with Crippen molar-refractivity contribution in [1.82, 2.24) is 15.5 Å². The van der Waals surface area contributed by atoms with Crippen LogP contribution in [0.5, 0.6) is 0 Å². The van der Waals surface area contributed by atoms with E-state index in [1.807, 2.05) is 31.1 Å². The Morgan fingerprint density at radius 1 is 1.14 bits per heavy atom. The van der Waals surface area contributed by atoms with Gasteiger partial charge in [0, 0.05) is 24.7 Å². The van der Waals surface area contributed by atoms with E-state index in [-0.39, 0.29) is 11.8 Å². The number of likely N-dealkylation sites (N-methyl/N-ethyl adjacent to an activating group) is 1. The molecule has 2 N–H and O–H groups in total. The summed E-state index contributed by atoms with van der Waals surface area (Å²) in [6.07, 6.45) is 1.24. The van der Waals surface area contributed by atoms with Crippen LogP contribution in [0.15, 0.2) is 24.3 Å². The monoisotopic (exact) mass is 323 g/mol. The van der Waals surface area contributed by atoms with Crippen LogP contribution in [0.3, 0.4) is 0 Å². The summed E-state index contributed by atoms with van der Waals surface area (Å²) in [4.78, 5) is 26.5. The summed E-state index contributed by atoms with van der Waals surface area (Å²) in [5.41, 5.74) is 0.0974. The fourth-order valence-corrected chi connectivity index (χ4v) is 2.32. The van der Waals surface area contributed by atoms with Crippen molar-refractivity contribution in [1.29, 1.82) is 0 Å². The van der Waals surface area contributed by atoms with Gasteiger partial charge < -0.3 is 15.5 Å². The Labute approximate surface area is 136 Å². The van der Waals surface area contributed by atoms with E-state index in [0.29, 0.717) is 31.0 Å². The van der Waals surface area contributed by atoms with Crippen molar-refractivity contribution in [2.45, 2.75) is 19.4 Å². The van der Waals surface area contributed by atoms with E-state index in [1.165, 1.54) is 0 Å². The number of hydrogen-bond donors (Lipinski definition) is 2. The van der Waals surface area contributed by atoms with Gasteiger partial charge in [-0.15, -0.1) is 0 Å².